The lowest BCUT2D eigenvalue weighted by molar-refractivity contribution is 0.568. The normalized spacial score (nSPS) is 18.9. The van der Waals surface area contributed by atoms with Gasteiger partial charge in [0.2, 0.25) is 0 Å². The van der Waals surface area contributed by atoms with Crippen LogP contribution >= 0.6 is 11.8 Å². The summed E-state index contributed by atoms with van der Waals surface area (Å²) in [7, 11) is 0. The standard InChI is InChI=1S/C17H18FNS/c1-10-7-11(2)16(13(18)8-10)17(19)15-9-12-5-3-4-6-14(12)20-15/h3-8,15,17H,9,19H2,1-2H3. The molecule has 20 heavy (non-hydrogen) atoms. The highest BCUT2D eigenvalue weighted by Gasteiger charge is 2.30. The second kappa shape index (κ2) is 5.23. The predicted molar refractivity (Wildman–Crippen MR) is 82.6 cm³/mol. The van der Waals surface area contributed by atoms with Crippen LogP contribution in [-0.2, 0) is 6.42 Å². The Morgan fingerprint density at radius 2 is 2.00 bits per heavy atom. The van der Waals surface area contributed by atoms with Gasteiger partial charge in [0.25, 0.3) is 0 Å². The molecule has 0 radical (unpaired) electrons. The molecule has 1 aliphatic heterocycles. The monoisotopic (exact) mass is 287 g/mol. The smallest absolute Gasteiger partial charge is 0.128 e. The van der Waals surface area contributed by atoms with E-state index >= 15 is 0 Å². The van der Waals surface area contributed by atoms with Crippen molar-refractivity contribution in [1.82, 2.24) is 0 Å². The van der Waals surface area contributed by atoms with Crippen molar-refractivity contribution in [3.63, 3.8) is 0 Å². The van der Waals surface area contributed by atoms with Crippen molar-refractivity contribution in [2.45, 2.75) is 36.5 Å². The van der Waals surface area contributed by atoms with E-state index in [1.165, 1.54) is 10.5 Å². The van der Waals surface area contributed by atoms with Crippen molar-refractivity contribution in [2.75, 3.05) is 0 Å². The average molecular weight is 287 g/mol. The Morgan fingerprint density at radius 1 is 1.25 bits per heavy atom. The predicted octanol–water partition coefficient (Wildman–Crippen LogP) is 4.16. The number of aryl methyl sites for hydroxylation is 2. The SMILES string of the molecule is Cc1cc(C)c(C(N)C2Cc3ccccc3S2)c(F)c1. The minimum Gasteiger partial charge on any atom is -0.323 e. The first-order valence-corrected chi connectivity index (χ1v) is 7.71. The molecule has 2 aromatic rings. The summed E-state index contributed by atoms with van der Waals surface area (Å²) in [5.74, 6) is -0.174. The number of benzene rings is 2. The zero-order chi connectivity index (χ0) is 14.3. The van der Waals surface area contributed by atoms with Gasteiger partial charge in [0.15, 0.2) is 0 Å². The maximum Gasteiger partial charge on any atom is 0.128 e. The minimum absolute atomic E-state index is 0.174. The van der Waals surface area contributed by atoms with E-state index in [2.05, 4.69) is 12.1 Å². The molecule has 0 spiro atoms. The van der Waals surface area contributed by atoms with Gasteiger partial charge < -0.3 is 5.73 Å². The number of hydrogen-bond acceptors (Lipinski definition) is 2. The molecule has 2 atom stereocenters. The number of fused-ring (bicyclic) bond motifs is 1. The topological polar surface area (TPSA) is 26.0 Å². The van der Waals surface area contributed by atoms with Crippen LogP contribution < -0.4 is 5.73 Å². The zero-order valence-corrected chi connectivity index (χ0v) is 12.5. The fraction of sp³-hybridized carbons (Fsp3) is 0.294. The van der Waals surface area contributed by atoms with E-state index in [1.54, 1.807) is 17.8 Å². The van der Waals surface area contributed by atoms with Gasteiger partial charge in [-0.2, -0.15) is 0 Å². The molecular weight excluding hydrogens is 269 g/mol. The molecule has 0 bridgehead atoms. The zero-order valence-electron chi connectivity index (χ0n) is 11.7. The maximum absolute atomic E-state index is 14.3. The number of rotatable bonds is 2. The number of hydrogen-bond donors (Lipinski definition) is 1. The van der Waals surface area contributed by atoms with Gasteiger partial charge in [0.1, 0.15) is 5.82 Å². The van der Waals surface area contributed by atoms with E-state index in [0.717, 1.165) is 17.5 Å². The van der Waals surface area contributed by atoms with Crippen molar-refractivity contribution < 1.29 is 4.39 Å². The molecule has 2 N–H and O–H groups in total. The Morgan fingerprint density at radius 3 is 2.70 bits per heavy atom. The van der Waals surface area contributed by atoms with Gasteiger partial charge in [0.05, 0.1) is 0 Å². The fourth-order valence-electron chi connectivity index (χ4n) is 2.94. The van der Waals surface area contributed by atoms with Crippen LogP contribution in [0.1, 0.15) is 28.3 Å². The van der Waals surface area contributed by atoms with E-state index in [0.29, 0.717) is 5.56 Å². The first kappa shape index (κ1) is 13.7. The summed E-state index contributed by atoms with van der Waals surface area (Å²) in [4.78, 5) is 1.28. The first-order chi connectivity index (χ1) is 9.56. The Kier molecular flexibility index (Phi) is 3.57. The summed E-state index contributed by atoms with van der Waals surface area (Å²) in [6.07, 6.45) is 0.911. The maximum atomic E-state index is 14.3. The lowest BCUT2D eigenvalue weighted by Gasteiger charge is -2.21. The van der Waals surface area contributed by atoms with E-state index in [1.807, 2.05) is 32.0 Å². The second-order valence-corrected chi connectivity index (χ2v) is 6.75. The molecule has 1 nitrogen and oxygen atoms in total. The van der Waals surface area contributed by atoms with E-state index in [4.69, 9.17) is 5.73 Å². The van der Waals surface area contributed by atoms with E-state index in [9.17, 15) is 4.39 Å². The van der Waals surface area contributed by atoms with Crippen molar-refractivity contribution >= 4 is 11.8 Å². The molecule has 1 aliphatic rings. The molecule has 0 saturated carbocycles. The van der Waals surface area contributed by atoms with Gasteiger partial charge in [-0.25, -0.2) is 4.39 Å². The highest BCUT2D eigenvalue weighted by Crippen LogP contribution is 2.42. The Bertz CT molecular complexity index is 605. The summed E-state index contributed by atoms with van der Waals surface area (Å²) in [5, 5.41) is 0.211. The van der Waals surface area contributed by atoms with Crippen LogP contribution in [0.5, 0.6) is 0 Å². The average Bonchev–Trinajstić information content (AvgIpc) is 2.81. The molecule has 0 fully saturated rings. The van der Waals surface area contributed by atoms with Crippen LogP contribution in [-0.4, -0.2) is 5.25 Å². The van der Waals surface area contributed by atoms with E-state index < -0.39 is 0 Å². The van der Waals surface area contributed by atoms with E-state index in [-0.39, 0.29) is 17.1 Å². The van der Waals surface area contributed by atoms with Crippen LogP contribution in [0.3, 0.4) is 0 Å². The van der Waals surface area contributed by atoms with Gasteiger partial charge >= 0.3 is 0 Å². The lowest BCUT2D eigenvalue weighted by Crippen LogP contribution is -2.25. The molecule has 0 aromatic heterocycles. The summed E-state index contributed by atoms with van der Waals surface area (Å²) in [6, 6.07) is 11.6. The number of nitrogens with two attached hydrogens (primary N) is 1. The van der Waals surface area contributed by atoms with Gasteiger partial charge in [0, 0.05) is 21.8 Å². The third kappa shape index (κ3) is 2.36. The third-order valence-corrected chi connectivity index (χ3v) is 5.30. The minimum atomic E-state index is -0.270. The van der Waals surface area contributed by atoms with Crippen molar-refractivity contribution in [2.24, 2.45) is 5.73 Å². The molecule has 0 aliphatic carbocycles. The van der Waals surface area contributed by atoms with Crippen LogP contribution in [0, 0.1) is 19.7 Å². The summed E-state index contributed by atoms with van der Waals surface area (Å²) in [5.41, 5.74) is 10.3. The molecule has 1 heterocycles. The number of thioether (sulfide) groups is 1. The fourth-order valence-corrected chi connectivity index (χ4v) is 4.28. The van der Waals surface area contributed by atoms with Crippen molar-refractivity contribution in [3.05, 3.63) is 64.5 Å². The lowest BCUT2D eigenvalue weighted by atomic mass is 9.94. The highest BCUT2D eigenvalue weighted by atomic mass is 32.2. The Balaban J connectivity index is 1.90. The quantitative estimate of drug-likeness (QED) is 0.897. The molecule has 2 unspecified atom stereocenters. The molecular formula is C17H18FNS. The molecule has 104 valence electrons. The molecule has 3 heteroatoms. The van der Waals surface area contributed by atoms with Crippen molar-refractivity contribution in [3.8, 4) is 0 Å². The number of halogens is 1. The van der Waals surface area contributed by atoms with Crippen LogP contribution in [0.15, 0.2) is 41.3 Å². The molecule has 2 aromatic carbocycles. The van der Waals surface area contributed by atoms with Crippen LogP contribution in [0.2, 0.25) is 0 Å². The van der Waals surface area contributed by atoms with Gasteiger partial charge in [-0.1, -0.05) is 24.3 Å². The second-order valence-electron chi connectivity index (χ2n) is 5.47. The van der Waals surface area contributed by atoms with Gasteiger partial charge in [-0.15, -0.1) is 11.8 Å². The van der Waals surface area contributed by atoms with Crippen molar-refractivity contribution in [1.29, 1.82) is 0 Å². The summed E-state index contributed by atoms with van der Waals surface area (Å²) in [6.45, 7) is 3.85. The molecule has 0 amide bonds. The van der Waals surface area contributed by atoms with Crippen LogP contribution in [0.25, 0.3) is 0 Å². The summed E-state index contributed by atoms with van der Waals surface area (Å²) >= 11 is 1.77. The molecule has 0 saturated heterocycles. The Labute approximate surface area is 123 Å². The largest absolute Gasteiger partial charge is 0.323 e. The third-order valence-electron chi connectivity index (χ3n) is 3.89. The van der Waals surface area contributed by atoms with Crippen LogP contribution in [0.4, 0.5) is 4.39 Å². The summed E-state index contributed by atoms with van der Waals surface area (Å²) < 4.78 is 14.3. The van der Waals surface area contributed by atoms with Gasteiger partial charge in [-0.3, -0.25) is 0 Å². The Hall–Kier alpha value is -1.32. The van der Waals surface area contributed by atoms with Gasteiger partial charge in [-0.05, 0) is 49.1 Å². The molecule has 3 rings (SSSR count). The highest BCUT2D eigenvalue weighted by molar-refractivity contribution is 8.00. The first-order valence-electron chi connectivity index (χ1n) is 6.83.